The molecule has 5 heteroatoms. The molecule has 19 heavy (non-hydrogen) atoms. The lowest BCUT2D eigenvalue weighted by Gasteiger charge is -2.32. The van der Waals surface area contributed by atoms with Crippen molar-refractivity contribution in [2.45, 2.75) is 12.5 Å². The van der Waals surface area contributed by atoms with Crippen molar-refractivity contribution in [3.05, 3.63) is 35.9 Å². The van der Waals surface area contributed by atoms with Gasteiger partial charge in [0.25, 0.3) is 5.91 Å². The van der Waals surface area contributed by atoms with Crippen molar-refractivity contribution in [2.24, 2.45) is 0 Å². The van der Waals surface area contributed by atoms with Gasteiger partial charge in [-0.05, 0) is 12.1 Å². The van der Waals surface area contributed by atoms with Gasteiger partial charge in [-0.1, -0.05) is 18.2 Å². The van der Waals surface area contributed by atoms with Gasteiger partial charge in [0.2, 0.25) is 0 Å². The molecule has 0 N–H and O–H groups in total. The minimum Gasteiger partial charge on any atom is -0.469 e. The van der Waals surface area contributed by atoms with Crippen molar-refractivity contribution in [1.29, 1.82) is 0 Å². The van der Waals surface area contributed by atoms with Gasteiger partial charge in [-0.25, -0.2) is 0 Å². The standard InChI is InChI=1S/C14H17NO4/c1-18-13(16)9-12-10-15(7-8-19-12)14(17)11-5-3-2-4-6-11/h2-6,12H,7-10H2,1H3. The number of rotatable bonds is 3. The minimum atomic E-state index is -0.320. The number of carbonyl (C=O) groups excluding carboxylic acids is 2. The number of methoxy groups -OCH3 is 1. The molecule has 0 aromatic heterocycles. The smallest absolute Gasteiger partial charge is 0.308 e. The van der Waals surface area contributed by atoms with Crippen LogP contribution in [0.4, 0.5) is 0 Å². The predicted molar refractivity (Wildman–Crippen MR) is 68.7 cm³/mol. The molecule has 1 fully saturated rings. The Morgan fingerprint density at radius 2 is 2.11 bits per heavy atom. The molecular weight excluding hydrogens is 246 g/mol. The Hall–Kier alpha value is -1.88. The van der Waals surface area contributed by atoms with Crippen LogP contribution in [-0.4, -0.2) is 49.7 Å². The molecule has 1 saturated heterocycles. The molecule has 1 aromatic rings. The Morgan fingerprint density at radius 1 is 1.37 bits per heavy atom. The van der Waals surface area contributed by atoms with Crippen molar-refractivity contribution in [2.75, 3.05) is 26.8 Å². The second-order valence-electron chi connectivity index (χ2n) is 4.39. The zero-order chi connectivity index (χ0) is 13.7. The average Bonchev–Trinajstić information content (AvgIpc) is 2.47. The maximum Gasteiger partial charge on any atom is 0.308 e. The van der Waals surface area contributed by atoms with Crippen molar-refractivity contribution < 1.29 is 19.1 Å². The van der Waals surface area contributed by atoms with Crippen LogP contribution in [0.2, 0.25) is 0 Å². The van der Waals surface area contributed by atoms with E-state index in [1.165, 1.54) is 7.11 Å². The van der Waals surface area contributed by atoms with Crippen LogP contribution in [0.3, 0.4) is 0 Å². The fourth-order valence-electron chi connectivity index (χ4n) is 2.06. The summed E-state index contributed by atoms with van der Waals surface area (Å²) in [5.41, 5.74) is 0.654. The molecule has 1 heterocycles. The second kappa shape index (κ2) is 6.33. The van der Waals surface area contributed by atoms with Crippen LogP contribution in [0.5, 0.6) is 0 Å². The third-order valence-corrected chi connectivity index (χ3v) is 3.07. The zero-order valence-electron chi connectivity index (χ0n) is 10.9. The van der Waals surface area contributed by atoms with Gasteiger partial charge < -0.3 is 14.4 Å². The molecule has 102 valence electrons. The highest BCUT2D eigenvalue weighted by Crippen LogP contribution is 2.13. The summed E-state index contributed by atoms with van der Waals surface area (Å²) >= 11 is 0. The number of carbonyl (C=O) groups is 2. The number of esters is 1. The van der Waals surface area contributed by atoms with Gasteiger partial charge >= 0.3 is 5.97 Å². The second-order valence-corrected chi connectivity index (χ2v) is 4.39. The van der Waals surface area contributed by atoms with E-state index in [4.69, 9.17) is 4.74 Å². The zero-order valence-corrected chi connectivity index (χ0v) is 10.9. The molecular formula is C14H17NO4. The summed E-state index contributed by atoms with van der Waals surface area (Å²) in [5, 5.41) is 0. The van der Waals surface area contributed by atoms with Crippen LogP contribution >= 0.6 is 0 Å². The highest BCUT2D eigenvalue weighted by molar-refractivity contribution is 5.94. The van der Waals surface area contributed by atoms with E-state index in [1.807, 2.05) is 18.2 Å². The summed E-state index contributed by atoms with van der Waals surface area (Å²) in [6, 6.07) is 9.11. The van der Waals surface area contributed by atoms with Crippen molar-refractivity contribution in [1.82, 2.24) is 4.90 Å². The van der Waals surface area contributed by atoms with Gasteiger partial charge in [-0.3, -0.25) is 9.59 Å². The summed E-state index contributed by atoms with van der Waals surface area (Å²) in [4.78, 5) is 25.2. The first kappa shape index (κ1) is 13.5. The van der Waals surface area contributed by atoms with Crippen LogP contribution in [0.1, 0.15) is 16.8 Å². The molecule has 0 bridgehead atoms. The lowest BCUT2D eigenvalue weighted by molar-refractivity contribution is -0.145. The molecule has 1 aromatic carbocycles. The minimum absolute atomic E-state index is 0.0289. The molecule has 2 rings (SSSR count). The SMILES string of the molecule is COC(=O)CC1CN(C(=O)c2ccccc2)CCO1. The van der Waals surface area contributed by atoms with E-state index in [0.29, 0.717) is 25.3 Å². The first-order valence-corrected chi connectivity index (χ1v) is 6.23. The van der Waals surface area contributed by atoms with E-state index in [2.05, 4.69) is 4.74 Å². The fraction of sp³-hybridized carbons (Fsp3) is 0.429. The van der Waals surface area contributed by atoms with Gasteiger partial charge in [-0.15, -0.1) is 0 Å². The predicted octanol–water partition coefficient (Wildman–Crippen LogP) is 1.09. The quantitative estimate of drug-likeness (QED) is 0.766. The van der Waals surface area contributed by atoms with E-state index >= 15 is 0 Å². The summed E-state index contributed by atoms with van der Waals surface area (Å²) < 4.78 is 10.1. The molecule has 5 nitrogen and oxygen atoms in total. The molecule has 1 amide bonds. The van der Waals surface area contributed by atoms with Crippen molar-refractivity contribution in [3.63, 3.8) is 0 Å². The number of morpholine rings is 1. The van der Waals surface area contributed by atoms with Gasteiger partial charge in [0.05, 0.1) is 26.2 Å². The van der Waals surface area contributed by atoms with Gasteiger partial charge in [0.15, 0.2) is 0 Å². The molecule has 1 aliphatic heterocycles. The van der Waals surface area contributed by atoms with Crippen LogP contribution in [0, 0.1) is 0 Å². The number of benzene rings is 1. The first-order chi connectivity index (χ1) is 9.20. The molecule has 0 aliphatic carbocycles. The lowest BCUT2D eigenvalue weighted by Crippen LogP contribution is -2.46. The Morgan fingerprint density at radius 3 is 2.79 bits per heavy atom. The third kappa shape index (κ3) is 3.54. The molecule has 0 radical (unpaired) electrons. The Balaban J connectivity index is 1.97. The number of nitrogens with zero attached hydrogens (tertiary/aromatic N) is 1. The maximum absolute atomic E-state index is 12.3. The molecule has 1 aliphatic rings. The van der Waals surface area contributed by atoms with Crippen LogP contribution < -0.4 is 0 Å². The Kier molecular flexibility index (Phi) is 4.52. The molecule has 1 atom stereocenters. The number of hydrogen-bond acceptors (Lipinski definition) is 4. The van der Waals surface area contributed by atoms with Crippen molar-refractivity contribution in [3.8, 4) is 0 Å². The van der Waals surface area contributed by atoms with Gasteiger partial charge in [0, 0.05) is 18.7 Å². The average molecular weight is 263 g/mol. The van der Waals surface area contributed by atoms with E-state index in [-0.39, 0.29) is 24.4 Å². The Bertz CT molecular complexity index is 446. The normalized spacial score (nSPS) is 19.0. The molecule has 0 saturated carbocycles. The largest absolute Gasteiger partial charge is 0.469 e. The number of ether oxygens (including phenoxy) is 2. The number of hydrogen-bond donors (Lipinski definition) is 0. The summed E-state index contributed by atoms with van der Waals surface area (Å²) in [6.45, 7) is 1.41. The fourth-order valence-corrected chi connectivity index (χ4v) is 2.06. The van der Waals surface area contributed by atoms with Crippen molar-refractivity contribution >= 4 is 11.9 Å². The van der Waals surface area contributed by atoms with Crippen LogP contribution in [0.15, 0.2) is 30.3 Å². The van der Waals surface area contributed by atoms with Gasteiger partial charge in [0.1, 0.15) is 0 Å². The van der Waals surface area contributed by atoms with E-state index in [9.17, 15) is 9.59 Å². The summed E-state index contributed by atoms with van der Waals surface area (Å²) in [5.74, 6) is -0.349. The Labute approximate surface area is 112 Å². The molecule has 1 unspecified atom stereocenters. The maximum atomic E-state index is 12.3. The highest BCUT2D eigenvalue weighted by atomic mass is 16.5. The third-order valence-electron chi connectivity index (χ3n) is 3.07. The van der Waals surface area contributed by atoms with Gasteiger partial charge in [-0.2, -0.15) is 0 Å². The number of amides is 1. The van der Waals surface area contributed by atoms with E-state index < -0.39 is 0 Å². The summed E-state index contributed by atoms with van der Waals surface area (Å²) in [6.07, 6.45) is -0.108. The van der Waals surface area contributed by atoms with E-state index in [1.54, 1.807) is 17.0 Å². The van der Waals surface area contributed by atoms with E-state index in [0.717, 1.165) is 0 Å². The summed E-state index contributed by atoms with van der Waals surface area (Å²) in [7, 11) is 1.35. The topological polar surface area (TPSA) is 55.8 Å². The first-order valence-electron chi connectivity index (χ1n) is 6.23. The molecule has 0 spiro atoms. The van der Waals surface area contributed by atoms with Crippen LogP contribution in [-0.2, 0) is 14.3 Å². The highest BCUT2D eigenvalue weighted by Gasteiger charge is 2.26. The monoisotopic (exact) mass is 263 g/mol. The van der Waals surface area contributed by atoms with Crippen LogP contribution in [0.25, 0.3) is 0 Å². The lowest BCUT2D eigenvalue weighted by atomic mass is 10.1.